The summed E-state index contributed by atoms with van der Waals surface area (Å²) in [5.41, 5.74) is 6.97. The van der Waals surface area contributed by atoms with Gasteiger partial charge in [-0.15, -0.1) is 0 Å². The summed E-state index contributed by atoms with van der Waals surface area (Å²) < 4.78 is 0. The summed E-state index contributed by atoms with van der Waals surface area (Å²) in [6, 6.07) is 1.80. The third-order valence-electron chi connectivity index (χ3n) is 6.56. The van der Waals surface area contributed by atoms with Gasteiger partial charge in [-0.2, -0.15) is 0 Å². The lowest BCUT2D eigenvalue weighted by Crippen LogP contribution is -2.54. The number of hydrogen-bond acceptors (Lipinski definition) is 2. The van der Waals surface area contributed by atoms with Gasteiger partial charge >= 0.3 is 0 Å². The normalized spacial score (nSPS) is 33.6. The maximum atomic E-state index is 6.49. The van der Waals surface area contributed by atoms with Crippen molar-refractivity contribution in [3.63, 3.8) is 0 Å². The molecular formula is C18H36N2. The second kappa shape index (κ2) is 6.79. The van der Waals surface area contributed by atoms with Gasteiger partial charge in [0.05, 0.1) is 0 Å². The fourth-order valence-electron chi connectivity index (χ4n) is 4.40. The van der Waals surface area contributed by atoms with Crippen LogP contribution in [0.25, 0.3) is 0 Å². The van der Waals surface area contributed by atoms with Gasteiger partial charge in [0.2, 0.25) is 0 Å². The van der Waals surface area contributed by atoms with E-state index in [1.807, 2.05) is 0 Å². The Bertz CT molecular complexity index is 294. The zero-order valence-corrected chi connectivity index (χ0v) is 14.2. The summed E-state index contributed by atoms with van der Waals surface area (Å²) in [4.78, 5) is 2.67. The molecule has 2 N–H and O–H groups in total. The van der Waals surface area contributed by atoms with Gasteiger partial charge in [-0.05, 0) is 50.5 Å². The molecule has 20 heavy (non-hydrogen) atoms. The topological polar surface area (TPSA) is 29.3 Å². The molecule has 0 aromatic heterocycles. The van der Waals surface area contributed by atoms with Crippen LogP contribution in [-0.2, 0) is 0 Å². The molecule has 0 aromatic carbocycles. The van der Waals surface area contributed by atoms with Crippen LogP contribution in [-0.4, -0.2) is 30.1 Å². The van der Waals surface area contributed by atoms with E-state index in [0.717, 1.165) is 12.0 Å². The van der Waals surface area contributed by atoms with Crippen molar-refractivity contribution in [3.05, 3.63) is 0 Å². The van der Waals surface area contributed by atoms with Crippen LogP contribution in [0.3, 0.4) is 0 Å². The molecule has 2 fully saturated rings. The number of likely N-dealkylation sites (N-methyl/N-ethyl adjacent to an activating group) is 1. The van der Waals surface area contributed by atoms with E-state index >= 15 is 0 Å². The lowest BCUT2D eigenvalue weighted by atomic mass is 9.67. The standard InChI is InChI=1S/C18H36N2/c1-5-18(2,3)14-11-12-16(19)17(13-14)20(4)15-9-7-6-8-10-15/h14-17H,5-13,19H2,1-4H3. The van der Waals surface area contributed by atoms with Crippen molar-refractivity contribution in [2.75, 3.05) is 7.05 Å². The monoisotopic (exact) mass is 280 g/mol. The fraction of sp³-hybridized carbons (Fsp3) is 1.00. The highest BCUT2D eigenvalue weighted by Crippen LogP contribution is 2.42. The van der Waals surface area contributed by atoms with Crippen LogP contribution >= 0.6 is 0 Å². The first kappa shape index (κ1) is 16.3. The largest absolute Gasteiger partial charge is 0.326 e. The van der Waals surface area contributed by atoms with Crippen molar-refractivity contribution in [1.29, 1.82) is 0 Å². The molecular weight excluding hydrogens is 244 g/mol. The second-order valence-corrected chi connectivity index (χ2v) is 8.04. The highest BCUT2D eigenvalue weighted by molar-refractivity contribution is 4.94. The third kappa shape index (κ3) is 3.57. The van der Waals surface area contributed by atoms with Crippen LogP contribution in [0, 0.1) is 11.3 Å². The molecule has 2 saturated carbocycles. The molecule has 2 rings (SSSR count). The maximum Gasteiger partial charge on any atom is 0.0249 e. The van der Waals surface area contributed by atoms with E-state index in [-0.39, 0.29) is 0 Å². The minimum Gasteiger partial charge on any atom is -0.326 e. The summed E-state index contributed by atoms with van der Waals surface area (Å²) in [5.74, 6) is 0.850. The van der Waals surface area contributed by atoms with Crippen LogP contribution < -0.4 is 5.73 Å². The number of nitrogens with two attached hydrogens (primary N) is 1. The van der Waals surface area contributed by atoms with Crippen LogP contribution in [0.2, 0.25) is 0 Å². The molecule has 0 bridgehead atoms. The van der Waals surface area contributed by atoms with Crippen molar-refractivity contribution in [1.82, 2.24) is 4.90 Å². The van der Waals surface area contributed by atoms with Crippen molar-refractivity contribution >= 4 is 0 Å². The minimum atomic E-state index is 0.394. The van der Waals surface area contributed by atoms with Crippen LogP contribution in [0.5, 0.6) is 0 Å². The Morgan fingerprint density at radius 2 is 1.70 bits per heavy atom. The van der Waals surface area contributed by atoms with E-state index in [0.29, 0.717) is 17.5 Å². The first-order chi connectivity index (χ1) is 9.45. The second-order valence-electron chi connectivity index (χ2n) is 8.04. The molecule has 0 aromatic rings. The van der Waals surface area contributed by atoms with Gasteiger partial charge in [0.15, 0.2) is 0 Å². The molecule has 3 atom stereocenters. The molecule has 0 spiro atoms. The van der Waals surface area contributed by atoms with Gasteiger partial charge in [0.25, 0.3) is 0 Å². The maximum absolute atomic E-state index is 6.49. The quantitative estimate of drug-likeness (QED) is 0.837. The van der Waals surface area contributed by atoms with Gasteiger partial charge in [0.1, 0.15) is 0 Å². The third-order valence-corrected chi connectivity index (χ3v) is 6.56. The summed E-state index contributed by atoms with van der Waals surface area (Å²) >= 11 is 0. The highest BCUT2D eigenvalue weighted by atomic mass is 15.2. The molecule has 2 aliphatic rings. The molecule has 0 heterocycles. The van der Waals surface area contributed by atoms with E-state index in [9.17, 15) is 0 Å². The number of nitrogens with zero attached hydrogens (tertiary/aromatic N) is 1. The van der Waals surface area contributed by atoms with E-state index < -0.39 is 0 Å². The molecule has 0 radical (unpaired) electrons. The van der Waals surface area contributed by atoms with Crippen LogP contribution in [0.4, 0.5) is 0 Å². The first-order valence-corrected chi connectivity index (χ1v) is 8.93. The Morgan fingerprint density at radius 3 is 2.30 bits per heavy atom. The fourth-order valence-corrected chi connectivity index (χ4v) is 4.40. The molecule has 2 heteroatoms. The highest BCUT2D eigenvalue weighted by Gasteiger charge is 2.38. The lowest BCUT2D eigenvalue weighted by Gasteiger charge is -2.47. The van der Waals surface area contributed by atoms with Gasteiger partial charge in [-0.1, -0.05) is 46.5 Å². The predicted octanol–water partition coefficient (Wildman–Crippen LogP) is 4.18. The van der Waals surface area contributed by atoms with Crippen molar-refractivity contribution in [2.24, 2.45) is 17.1 Å². The molecule has 118 valence electrons. The van der Waals surface area contributed by atoms with E-state index in [4.69, 9.17) is 5.73 Å². The molecule has 0 aliphatic heterocycles. The average Bonchev–Trinajstić information content (AvgIpc) is 2.47. The van der Waals surface area contributed by atoms with E-state index in [2.05, 4.69) is 32.7 Å². The number of hydrogen-bond donors (Lipinski definition) is 1. The first-order valence-electron chi connectivity index (χ1n) is 8.93. The van der Waals surface area contributed by atoms with E-state index in [1.54, 1.807) is 0 Å². The molecule has 2 nitrogen and oxygen atoms in total. The Kier molecular flexibility index (Phi) is 5.53. The van der Waals surface area contributed by atoms with Crippen LogP contribution in [0.15, 0.2) is 0 Å². The Hall–Kier alpha value is -0.0800. The lowest BCUT2D eigenvalue weighted by molar-refractivity contribution is 0.0422. The zero-order chi connectivity index (χ0) is 14.8. The SMILES string of the molecule is CCC(C)(C)C1CCC(N)C(N(C)C2CCCCC2)C1. The van der Waals surface area contributed by atoms with Crippen molar-refractivity contribution in [3.8, 4) is 0 Å². The zero-order valence-electron chi connectivity index (χ0n) is 14.2. The van der Waals surface area contributed by atoms with Gasteiger partial charge < -0.3 is 5.73 Å². The van der Waals surface area contributed by atoms with Gasteiger partial charge in [-0.25, -0.2) is 0 Å². The Balaban J connectivity index is 2.00. The van der Waals surface area contributed by atoms with Crippen LogP contribution in [0.1, 0.15) is 78.6 Å². The average molecular weight is 280 g/mol. The van der Waals surface area contributed by atoms with Crippen molar-refractivity contribution < 1.29 is 0 Å². The summed E-state index contributed by atoms with van der Waals surface area (Å²) in [5, 5.41) is 0. The molecule has 0 amide bonds. The predicted molar refractivity (Wildman–Crippen MR) is 87.8 cm³/mol. The molecule has 3 unspecified atom stereocenters. The Labute approximate surface area is 126 Å². The minimum absolute atomic E-state index is 0.394. The summed E-state index contributed by atoms with van der Waals surface area (Å²) in [7, 11) is 2.35. The number of rotatable bonds is 4. The van der Waals surface area contributed by atoms with Crippen molar-refractivity contribution in [2.45, 2.75) is 96.7 Å². The summed E-state index contributed by atoms with van der Waals surface area (Å²) in [6.07, 6.45) is 12.2. The van der Waals surface area contributed by atoms with Gasteiger partial charge in [0, 0.05) is 18.1 Å². The van der Waals surface area contributed by atoms with Gasteiger partial charge in [-0.3, -0.25) is 4.90 Å². The molecule has 0 saturated heterocycles. The molecule has 2 aliphatic carbocycles. The Morgan fingerprint density at radius 1 is 1.05 bits per heavy atom. The van der Waals surface area contributed by atoms with E-state index in [1.165, 1.54) is 57.8 Å². The smallest absolute Gasteiger partial charge is 0.0249 e. The summed E-state index contributed by atoms with van der Waals surface area (Å²) in [6.45, 7) is 7.24.